The highest BCUT2D eigenvalue weighted by atomic mass is 35.5. The van der Waals surface area contributed by atoms with Crippen molar-refractivity contribution in [3.63, 3.8) is 0 Å². The second kappa shape index (κ2) is 5.93. The molecule has 22 heavy (non-hydrogen) atoms. The summed E-state index contributed by atoms with van der Waals surface area (Å²) in [6.07, 6.45) is 1.34. The van der Waals surface area contributed by atoms with Gasteiger partial charge in [0.1, 0.15) is 11.0 Å². The quantitative estimate of drug-likeness (QED) is 0.806. The fourth-order valence-electron chi connectivity index (χ4n) is 2.67. The van der Waals surface area contributed by atoms with E-state index in [9.17, 15) is 8.78 Å². The zero-order valence-corrected chi connectivity index (χ0v) is 12.9. The first-order chi connectivity index (χ1) is 10.5. The molecule has 7 heteroatoms. The summed E-state index contributed by atoms with van der Waals surface area (Å²) in [4.78, 5) is 10.5. The van der Waals surface area contributed by atoms with Crippen molar-refractivity contribution < 1.29 is 13.5 Å². The molecule has 0 bridgehead atoms. The molecule has 0 N–H and O–H groups in total. The van der Waals surface area contributed by atoms with Crippen LogP contribution in [0.4, 0.5) is 14.6 Å². The van der Waals surface area contributed by atoms with Crippen LogP contribution in [0.25, 0.3) is 10.8 Å². The summed E-state index contributed by atoms with van der Waals surface area (Å²) in [5.74, 6) is -1.92. The number of anilines is 1. The molecule has 0 atom stereocenters. The molecule has 0 aromatic carbocycles. The van der Waals surface area contributed by atoms with Gasteiger partial charge in [-0.15, -0.1) is 0 Å². The number of halogens is 3. The van der Waals surface area contributed by atoms with E-state index in [1.165, 1.54) is 0 Å². The van der Waals surface area contributed by atoms with Crippen molar-refractivity contribution in [2.24, 2.45) is 0 Å². The SMILES string of the molecule is COCc1cc2cnc(Cl)cc2c(N2CCC(F)(F)CC2)n1. The zero-order valence-electron chi connectivity index (χ0n) is 12.2. The monoisotopic (exact) mass is 327 g/mol. The number of piperidine rings is 1. The lowest BCUT2D eigenvalue weighted by Gasteiger charge is -2.33. The minimum absolute atomic E-state index is 0.163. The first kappa shape index (κ1) is 15.4. The number of fused-ring (bicyclic) bond motifs is 1. The summed E-state index contributed by atoms with van der Waals surface area (Å²) in [5, 5.41) is 2.06. The maximum atomic E-state index is 13.4. The van der Waals surface area contributed by atoms with Crippen molar-refractivity contribution in [1.29, 1.82) is 0 Å². The molecule has 1 aliphatic heterocycles. The Balaban J connectivity index is 2.04. The predicted octanol–water partition coefficient (Wildman–Crippen LogP) is 3.67. The van der Waals surface area contributed by atoms with E-state index in [1.807, 2.05) is 11.0 Å². The van der Waals surface area contributed by atoms with E-state index in [1.54, 1.807) is 19.4 Å². The van der Waals surface area contributed by atoms with Crippen molar-refractivity contribution in [2.45, 2.75) is 25.4 Å². The van der Waals surface area contributed by atoms with Gasteiger partial charge in [0.15, 0.2) is 0 Å². The van der Waals surface area contributed by atoms with E-state index >= 15 is 0 Å². The molecule has 3 heterocycles. The van der Waals surface area contributed by atoms with Crippen molar-refractivity contribution in [1.82, 2.24) is 9.97 Å². The number of nitrogens with zero attached hydrogens (tertiary/aromatic N) is 3. The summed E-state index contributed by atoms with van der Waals surface area (Å²) in [6.45, 7) is 0.895. The molecule has 0 amide bonds. The molecule has 1 fully saturated rings. The number of alkyl halides is 2. The fourth-order valence-corrected chi connectivity index (χ4v) is 2.82. The van der Waals surface area contributed by atoms with Gasteiger partial charge in [0, 0.05) is 50.0 Å². The molecule has 0 unspecified atom stereocenters. The average molecular weight is 328 g/mol. The lowest BCUT2D eigenvalue weighted by molar-refractivity contribution is -0.0221. The van der Waals surface area contributed by atoms with Gasteiger partial charge in [0.25, 0.3) is 5.92 Å². The maximum absolute atomic E-state index is 13.4. The van der Waals surface area contributed by atoms with Gasteiger partial charge in [0.05, 0.1) is 12.3 Å². The third-order valence-corrected chi connectivity index (χ3v) is 4.01. The van der Waals surface area contributed by atoms with Gasteiger partial charge in [-0.05, 0) is 12.1 Å². The number of pyridine rings is 2. The maximum Gasteiger partial charge on any atom is 0.251 e. The van der Waals surface area contributed by atoms with Crippen LogP contribution in [-0.2, 0) is 11.3 Å². The normalized spacial score (nSPS) is 17.9. The Morgan fingerprint density at radius 3 is 2.73 bits per heavy atom. The van der Waals surface area contributed by atoms with Crippen molar-refractivity contribution in [3.05, 3.63) is 29.2 Å². The Morgan fingerprint density at radius 1 is 1.32 bits per heavy atom. The van der Waals surface area contributed by atoms with E-state index in [4.69, 9.17) is 16.3 Å². The van der Waals surface area contributed by atoms with Crippen LogP contribution in [0.15, 0.2) is 18.3 Å². The van der Waals surface area contributed by atoms with Crippen LogP contribution in [-0.4, -0.2) is 36.1 Å². The Labute approximate surface area is 132 Å². The lowest BCUT2D eigenvalue weighted by atomic mass is 10.1. The van der Waals surface area contributed by atoms with Crippen molar-refractivity contribution >= 4 is 28.2 Å². The molecule has 118 valence electrons. The predicted molar refractivity (Wildman–Crippen MR) is 81.7 cm³/mol. The number of hydrogen-bond donors (Lipinski definition) is 0. The van der Waals surface area contributed by atoms with Gasteiger partial charge < -0.3 is 9.64 Å². The Kier molecular flexibility index (Phi) is 4.14. The minimum atomic E-state index is -2.59. The topological polar surface area (TPSA) is 38.2 Å². The second-order valence-electron chi connectivity index (χ2n) is 5.44. The molecule has 0 aliphatic carbocycles. The Morgan fingerprint density at radius 2 is 2.05 bits per heavy atom. The minimum Gasteiger partial charge on any atom is -0.378 e. The van der Waals surface area contributed by atoms with Gasteiger partial charge in [-0.25, -0.2) is 18.7 Å². The first-order valence-electron chi connectivity index (χ1n) is 7.05. The molecular formula is C15H16ClF2N3O. The highest BCUT2D eigenvalue weighted by Gasteiger charge is 2.34. The molecule has 2 aromatic heterocycles. The molecule has 4 nitrogen and oxygen atoms in total. The number of aromatic nitrogens is 2. The van der Waals surface area contributed by atoms with Gasteiger partial charge in [-0.1, -0.05) is 11.6 Å². The molecule has 2 aromatic rings. The number of hydrogen-bond acceptors (Lipinski definition) is 4. The third-order valence-electron chi connectivity index (χ3n) is 3.80. The van der Waals surface area contributed by atoms with Crippen LogP contribution in [0.1, 0.15) is 18.5 Å². The number of rotatable bonds is 3. The fraction of sp³-hybridized carbons (Fsp3) is 0.467. The number of methoxy groups -OCH3 is 1. The summed E-state index contributed by atoms with van der Waals surface area (Å²) < 4.78 is 31.9. The van der Waals surface area contributed by atoms with Gasteiger partial charge in [0.2, 0.25) is 0 Å². The Bertz CT molecular complexity index is 686. The van der Waals surface area contributed by atoms with E-state index < -0.39 is 5.92 Å². The van der Waals surface area contributed by atoms with Crippen LogP contribution in [0, 0.1) is 0 Å². The van der Waals surface area contributed by atoms with Gasteiger partial charge in [-0.3, -0.25) is 0 Å². The molecule has 0 spiro atoms. The van der Waals surface area contributed by atoms with Crippen LogP contribution in [0.2, 0.25) is 5.15 Å². The smallest absolute Gasteiger partial charge is 0.251 e. The van der Waals surface area contributed by atoms with Crippen LogP contribution in [0.3, 0.4) is 0 Å². The third kappa shape index (κ3) is 3.13. The zero-order chi connectivity index (χ0) is 15.7. The second-order valence-corrected chi connectivity index (χ2v) is 5.83. The summed E-state index contributed by atoms with van der Waals surface area (Å²) >= 11 is 5.97. The largest absolute Gasteiger partial charge is 0.378 e. The van der Waals surface area contributed by atoms with Crippen molar-refractivity contribution in [2.75, 3.05) is 25.1 Å². The molecule has 3 rings (SSSR count). The summed E-state index contributed by atoms with van der Waals surface area (Å²) in [7, 11) is 1.59. The highest BCUT2D eigenvalue weighted by Crippen LogP contribution is 2.33. The van der Waals surface area contributed by atoms with Crippen LogP contribution < -0.4 is 4.90 Å². The molecule has 0 radical (unpaired) electrons. The van der Waals surface area contributed by atoms with Crippen molar-refractivity contribution in [3.8, 4) is 0 Å². The molecular weight excluding hydrogens is 312 g/mol. The first-order valence-corrected chi connectivity index (χ1v) is 7.43. The van der Waals surface area contributed by atoms with E-state index in [0.29, 0.717) is 17.6 Å². The standard InChI is InChI=1S/C15H16ClF2N3O/c1-22-9-11-6-10-8-19-13(16)7-12(10)14(20-11)21-4-2-15(17,18)3-5-21/h6-8H,2-5,9H2,1H3. The van der Waals surface area contributed by atoms with E-state index in [0.717, 1.165) is 16.5 Å². The summed E-state index contributed by atoms with van der Waals surface area (Å²) in [6, 6.07) is 3.60. The van der Waals surface area contributed by atoms with E-state index in [-0.39, 0.29) is 25.9 Å². The molecule has 1 saturated heterocycles. The Hall–Kier alpha value is -1.53. The number of ether oxygens (including phenoxy) is 1. The highest BCUT2D eigenvalue weighted by molar-refractivity contribution is 6.30. The van der Waals surface area contributed by atoms with E-state index in [2.05, 4.69) is 9.97 Å². The van der Waals surface area contributed by atoms with Crippen LogP contribution in [0.5, 0.6) is 0 Å². The molecule has 0 saturated carbocycles. The summed E-state index contributed by atoms with van der Waals surface area (Å²) in [5.41, 5.74) is 0.742. The lowest BCUT2D eigenvalue weighted by Crippen LogP contribution is -2.40. The molecule has 1 aliphatic rings. The average Bonchev–Trinajstić information content (AvgIpc) is 2.47. The van der Waals surface area contributed by atoms with Gasteiger partial charge in [-0.2, -0.15) is 0 Å². The van der Waals surface area contributed by atoms with Gasteiger partial charge >= 0.3 is 0 Å². The van der Waals surface area contributed by atoms with Crippen LogP contribution >= 0.6 is 11.6 Å².